The molecule has 1 aliphatic rings. The summed E-state index contributed by atoms with van der Waals surface area (Å²) in [5, 5.41) is 11.2. The van der Waals surface area contributed by atoms with Gasteiger partial charge < -0.3 is 11.1 Å². The number of nitrogen functional groups attached to an aromatic ring is 1. The van der Waals surface area contributed by atoms with Crippen LogP contribution in [0, 0.1) is 0 Å². The monoisotopic (exact) mass is 269 g/mol. The van der Waals surface area contributed by atoms with E-state index in [0.29, 0.717) is 38.5 Å². The normalized spacial score (nSPS) is 15.2. The predicted molar refractivity (Wildman–Crippen MR) is 71.1 cm³/mol. The number of anilines is 1. The second-order valence-electron chi connectivity index (χ2n) is 4.14. The van der Waals surface area contributed by atoms with E-state index in [9.17, 15) is 4.79 Å². The standard InChI is InChI=1S/C12H11N7O/c1-5-8(18-19-10(5)13)11-16-7-4-15-3-6(9(7)17-11)12(20)14-2/h3-4,18H,1H2,2H3,(H2,13,19)(H,14,20). The molecule has 0 bridgehead atoms. The van der Waals surface area contributed by atoms with Gasteiger partial charge in [-0.15, -0.1) is 0 Å². The quantitative estimate of drug-likeness (QED) is 0.516. The molecule has 2 aromatic heterocycles. The summed E-state index contributed by atoms with van der Waals surface area (Å²) < 4.78 is 0. The molecule has 1 aliphatic heterocycles. The van der Waals surface area contributed by atoms with Crippen LogP contribution in [-0.2, 0) is 0 Å². The summed E-state index contributed by atoms with van der Waals surface area (Å²) in [5.74, 6) is 0.402. The molecular formula is C12H11N7O. The molecule has 3 heterocycles. The molecule has 2 aromatic rings. The Morgan fingerprint density at radius 1 is 1.40 bits per heavy atom. The van der Waals surface area contributed by atoms with Crippen molar-refractivity contribution in [2.24, 2.45) is 9.98 Å². The minimum atomic E-state index is -0.270. The molecule has 0 aliphatic carbocycles. The van der Waals surface area contributed by atoms with Crippen LogP contribution in [-0.4, -0.2) is 28.1 Å². The van der Waals surface area contributed by atoms with Gasteiger partial charge in [-0.1, -0.05) is 6.58 Å². The zero-order chi connectivity index (χ0) is 14.3. The summed E-state index contributed by atoms with van der Waals surface area (Å²) in [6, 6.07) is 0. The van der Waals surface area contributed by atoms with E-state index in [1.165, 1.54) is 6.20 Å². The summed E-state index contributed by atoms with van der Waals surface area (Å²) in [6.45, 7) is 3.81. The van der Waals surface area contributed by atoms with Crippen molar-refractivity contribution in [3.8, 4) is 0 Å². The van der Waals surface area contributed by atoms with Gasteiger partial charge in [0.05, 0.1) is 11.8 Å². The van der Waals surface area contributed by atoms with Gasteiger partial charge in [0.1, 0.15) is 16.1 Å². The second-order valence-corrected chi connectivity index (χ2v) is 4.14. The minimum Gasteiger partial charge on any atom is -0.382 e. The van der Waals surface area contributed by atoms with Crippen LogP contribution in [0.4, 0.5) is 5.82 Å². The highest BCUT2D eigenvalue weighted by atomic mass is 16.1. The summed E-state index contributed by atoms with van der Waals surface area (Å²) in [4.78, 5) is 24.4. The molecule has 100 valence electrons. The number of aromatic amines is 1. The van der Waals surface area contributed by atoms with Gasteiger partial charge in [0.2, 0.25) is 0 Å². The Morgan fingerprint density at radius 2 is 2.20 bits per heavy atom. The maximum Gasteiger partial charge on any atom is 0.254 e. The Morgan fingerprint density at radius 3 is 2.85 bits per heavy atom. The highest BCUT2D eigenvalue weighted by Gasteiger charge is 2.13. The molecular weight excluding hydrogens is 258 g/mol. The third-order valence-corrected chi connectivity index (χ3v) is 2.94. The molecule has 0 unspecified atom stereocenters. The maximum atomic E-state index is 11.8. The molecule has 0 saturated carbocycles. The molecule has 20 heavy (non-hydrogen) atoms. The third kappa shape index (κ3) is 1.66. The molecule has 0 radical (unpaired) electrons. The average molecular weight is 269 g/mol. The molecule has 8 heteroatoms. The Labute approximate surface area is 112 Å². The number of nitrogens with one attached hydrogen (secondary N) is 2. The molecule has 0 saturated heterocycles. The lowest BCUT2D eigenvalue weighted by Gasteiger charge is -1.96. The molecule has 8 nitrogen and oxygen atoms in total. The summed E-state index contributed by atoms with van der Waals surface area (Å²) in [7, 11) is 1.54. The molecule has 1 amide bonds. The van der Waals surface area contributed by atoms with Crippen molar-refractivity contribution in [2.75, 3.05) is 12.8 Å². The fraction of sp³-hybridized carbons (Fsp3) is 0.0833. The lowest BCUT2D eigenvalue weighted by atomic mass is 10.2. The van der Waals surface area contributed by atoms with Gasteiger partial charge in [0, 0.05) is 18.5 Å². The highest BCUT2D eigenvalue weighted by molar-refractivity contribution is 5.93. The molecule has 3 rings (SSSR count). The number of aromatic nitrogens is 3. The predicted octanol–water partition coefficient (Wildman–Crippen LogP) is -2.82. The smallest absolute Gasteiger partial charge is 0.254 e. The zero-order valence-corrected chi connectivity index (χ0v) is 10.6. The molecule has 0 spiro atoms. The first kappa shape index (κ1) is 12.0. The van der Waals surface area contributed by atoms with Crippen LogP contribution in [0.3, 0.4) is 0 Å². The minimum absolute atomic E-state index is 0.270. The van der Waals surface area contributed by atoms with Crippen molar-refractivity contribution < 1.29 is 4.79 Å². The number of hydrogen-bond donors (Lipinski definition) is 3. The Balaban J connectivity index is 2.36. The maximum absolute atomic E-state index is 11.8. The molecule has 0 atom stereocenters. The lowest BCUT2D eigenvalue weighted by Crippen LogP contribution is -2.33. The van der Waals surface area contributed by atoms with Gasteiger partial charge >= 0.3 is 0 Å². The first-order chi connectivity index (χ1) is 9.61. The van der Waals surface area contributed by atoms with E-state index in [-0.39, 0.29) is 5.91 Å². The van der Waals surface area contributed by atoms with Crippen molar-refractivity contribution in [1.82, 2.24) is 20.5 Å². The van der Waals surface area contributed by atoms with E-state index in [1.54, 1.807) is 13.2 Å². The van der Waals surface area contributed by atoms with Gasteiger partial charge in [-0.05, 0) is 0 Å². The van der Waals surface area contributed by atoms with Crippen LogP contribution in [0.25, 0.3) is 12.4 Å². The number of carbonyl (C=O) groups excluding carboxylic acids is 1. The number of nitrogens with zero attached hydrogens (tertiary/aromatic N) is 4. The van der Waals surface area contributed by atoms with Crippen molar-refractivity contribution >= 4 is 24.1 Å². The average Bonchev–Trinajstić information content (AvgIpc) is 3.02. The van der Waals surface area contributed by atoms with Gasteiger partial charge in [-0.2, -0.15) is 5.10 Å². The van der Waals surface area contributed by atoms with Crippen molar-refractivity contribution in [2.45, 2.75) is 0 Å². The zero-order valence-electron chi connectivity index (χ0n) is 10.6. The summed E-state index contributed by atoms with van der Waals surface area (Å²) in [5.41, 5.74) is 6.00. The van der Waals surface area contributed by atoms with E-state index in [4.69, 9.17) is 5.73 Å². The Bertz CT molecular complexity index is 941. The topological polar surface area (TPSA) is 121 Å². The van der Waals surface area contributed by atoms with E-state index >= 15 is 0 Å². The summed E-state index contributed by atoms with van der Waals surface area (Å²) in [6.07, 6.45) is 2.99. The molecule has 4 N–H and O–H groups in total. The SMILES string of the molecule is C=c1c(N)n[nH]c1=C1N=c2cncc(C(=O)NC)c2=N1. The van der Waals surface area contributed by atoms with Crippen LogP contribution in [0.15, 0.2) is 22.4 Å². The van der Waals surface area contributed by atoms with Crippen LogP contribution in [0.2, 0.25) is 0 Å². The number of H-pyrrole nitrogens is 1. The number of carbonyl (C=O) groups is 1. The first-order valence-corrected chi connectivity index (χ1v) is 5.78. The third-order valence-electron chi connectivity index (χ3n) is 2.94. The number of rotatable bonds is 1. The molecule has 0 fully saturated rings. The van der Waals surface area contributed by atoms with Gasteiger partial charge in [-0.25, -0.2) is 9.98 Å². The fourth-order valence-electron chi connectivity index (χ4n) is 1.86. The number of nitrogens with two attached hydrogens (primary N) is 1. The van der Waals surface area contributed by atoms with Crippen LogP contribution in [0.1, 0.15) is 10.4 Å². The van der Waals surface area contributed by atoms with Crippen LogP contribution >= 0.6 is 0 Å². The van der Waals surface area contributed by atoms with E-state index in [1.807, 2.05) is 0 Å². The summed E-state index contributed by atoms with van der Waals surface area (Å²) >= 11 is 0. The highest BCUT2D eigenvalue weighted by Crippen LogP contribution is 1.99. The first-order valence-electron chi connectivity index (χ1n) is 5.78. The van der Waals surface area contributed by atoms with Crippen molar-refractivity contribution in [1.29, 1.82) is 0 Å². The number of pyridine rings is 1. The van der Waals surface area contributed by atoms with Gasteiger partial charge in [-0.3, -0.25) is 14.9 Å². The van der Waals surface area contributed by atoms with Crippen LogP contribution < -0.4 is 32.3 Å². The molecule has 0 aromatic carbocycles. The number of amides is 1. The van der Waals surface area contributed by atoms with E-state index in [0.717, 1.165) is 0 Å². The number of fused-ring (bicyclic) bond motifs is 1. The van der Waals surface area contributed by atoms with E-state index < -0.39 is 0 Å². The lowest BCUT2D eigenvalue weighted by molar-refractivity contribution is 0.0961. The van der Waals surface area contributed by atoms with Gasteiger partial charge in [0.15, 0.2) is 11.6 Å². The fourth-order valence-corrected chi connectivity index (χ4v) is 1.86. The second kappa shape index (κ2) is 4.26. The van der Waals surface area contributed by atoms with E-state index in [2.05, 4.69) is 37.1 Å². The number of hydrogen-bond acceptors (Lipinski definition) is 6. The van der Waals surface area contributed by atoms with Crippen LogP contribution in [0.5, 0.6) is 0 Å². The van der Waals surface area contributed by atoms with Crippen molar-refractivity contribution in [3.63, 3.8) is 0 Å². The van der Waals surface area contributed by atoms with Gasteiger partial charge in [0.25, 0.3) is 5.91 Å². The Hall–Kier alpha value is -3.03. The van der Waals surface area contributed by atoms with Crippen molar-refractivity contribution in [3.05, 3.63) is 39.2 Å². The largest absolute Gasteiger partial charge is 0.382 e. The Kier molecular flexibility index (Phi) is 2.56.